The van der Waals surface area contributed by atoms with E-state index in [1.807, 2.05) is 7.05 Å². The molecule has 0 saturated carbocycles. The quantitative estimate of drug-likeness (QED) is 0.738. The van der Waals surface area contributed by atoms with Gasteiger partial charge in [0, 0.05) is 32.1 Å². The second-order valence-corrected chi connectivity index (χ2v) is 4.10. The van der Waals surface area contributed by atoms with Gasteiger partial charge in [0.05, 0.1) is 0 Å². The Balaban J connectivity index is 2.59. The molecule has 1 aromatic heterocycles. The monoisotopic (exact) mass is 228 g/mol. The first-order valence-corrected chi connectivity index (χ1v) is 5.61. The van der Waals surface area contributed by atoms with E-state index in [1.54, 1.807) is 17.3 Å². The van der Waals surface area contributed by atoms with E-state index in [9.17, 15) is 4.79 Å². The van der Waals surface area contributed by atoms with Crippen LogP contribution in [0.15, 0.2) is 5.38 Å². The maximum absolute atomic E-state index is 11.8. The zero-order valence-corrected chi connectivity index (χ0v) is 9.80. The Hall–Kier alpha value is -0.980. The molecule has 84 valence electrons. The van der Waals surface area contributed by atoms with Crippen molar-refractivity contribution in [3.8, 4) is 0 Å². The van der Waals surface area contributed by atoms with E-state index in [0.29, 0.717) is 18.8 Å². The van der Waals surface area contributed by atoms with Crippen molar-refractivity contribution >= 4 is 17.2 Å². The molecule has 1 rings (SSSR count). The molecule has 1 aromatic rings. The molecule has 0 unspecified atom stereocenters. The standard InChI is InChI=1S/C9H16N4OS/c1-11-3-4-13(2)9(14)7-6-15-8(5-10)12-7/h6,11H,3-5,10H2,1-2H3. The first kappa shape index (κ1) is 12.1. The smallest absolute Gasteiger partial charge is 0.273 e. The third-order valence-corrected chi connectivity index (χ3v) is 2.86. The predicted octanol–water partition coefficient (Wildman–Crippen LogP) is -0.107. The summed E-state index contributed by atoms with van der Waals surface area (Å²) in [6.07, 6.45) is 0. The molecule has 0 atom stereocenters. The van der Waals surface area contributed by atoms with Crippen LogP contribution >= 0.6 is 11.3 Å². The number of hydrogen-bond acceptors (Lipinski definition) is 5. The van der Waals surface area contributed by atoms with Crippen LogP contribution in [0.4, 0.5) is 0 Å². The number of aromatic nitrogens is 1. The summed E-state index contributed by atoms with van der Waals surface area (Å²) in [5, 5.41) is 5.53. The first-order valence-electron chi connectivity index (χ1n) is 4.73. The topological polar surface area (TPSA) is 71.2 Å². The lowest BCUT2D eigenvalue weighted by Crippen LogP contribution is -2.33. The van der Waals surface area contributed by atoms with Crippen LogP contribution in [0.3, 0.4) is 0 Å². The summed E-state index contributed by atoms with van der Waals surface area (Å²) < 4.78 is 0. The lowest BCUT2D eigenvalue weighted by atomic mass is 10.4. The van der Waals surface area contributed by atoms with Gasteiger partial charge in [-0.15, -0.1) is 11.3 Å². The highest BCUT2D eigenvalue weighted by atomic mass is 32.1. The molecule has 1 heterocycles. The van der Waals surface area contributed by atoms with Crippen LogP contribution in [0.2, 0.25) is 0 Å². The van der Waals surface area contributed by atoms with Crippen LogP contribution in [0.25, 0.3) is 0 Å². The largest absolute Gasteiger partial charge is 0.339 e. The molecule has 0 aliphatic heterocycles. The molecule has 0 aliphatic rings. The van der Waals surface area contributed by atoms with Crippen LogP contribution in [-0.4, -0.2) is 43.0 Å². The Bertz CT molecular complexity index is 326. The van der Waals surface area contributed by atoms with E-state index in [4.69, 9.17) is 5.73 Å². The number of nitrogens with zero attached hydrogens (tertiary/aromatic N) is 2. The predicted molar refractivity (Wildman–Crippen MR) is 60.9 cm³/mol. The third-order valence-electron chi connectivity index (χ3n) is 1.99. The fourth-order valence-electron chi connectivity index (χ4n) is 1.08. The summed E-state index contributed by atoms with van der Waals surface area (Å²) in [4.78, 5) is 17.6. The van der Waals surface area contributed by atoms with Crippen molar-refractivity contribution in [2.45, 2.75) is 6.54 Å². The number of nitrogens with two attached hydrogens (primary N) is 1. The van der Waals surface area contributed by atoms with E-state index in [2.05, 4.69) is 10.3 Å². The zero-order chi connectivity index (χ0) is 11.3. The number of nitrogens with one attached hydrogen (secondary N) is 1. The number of hydrogen-bond donors (Lipinski definition) is 2. The van der Waals surface area contributed by atoms with E-state index < -0.39 is 0 Å². The molecule has 5 nitrogen and oxygen atoms in total. The van der Waals surface area contributed by atoms with Crippen molar-refractivity contribution < 1.29 is 4.79 Å². The SMILES string of the molecule is CNCCN(C)C(=O)c1csc(CN)n1. The van der Waals surface area contributed by atoms with Crippen molar-refractivity contribution in [1.82, 2.24) is 15.2 Å². The Kier molecular flexibility index (Phi) is 4.67. The fraction of sp³-hybridized carbons (Fsp3) is 0.556. The van der Waals surface area contributed by atoms with E-state index in [1.165, 1.54) is 11.3 Å². The highest BCUT2D eigenvalue weighted by molar-refractivity contribution is 7.09. The number of rotatable bonds is 5. The molecular formula is C9H16N4OS. The van der Waals surface area contributed by atoms with Crippen LogP contribution in [-0.2, 0) is 6.54 Å². The van der Waals surface area contributed by atoms with Gasteiger partial charge in [0.25, 0.3) is 5.91 Å². The van der Waals surface area contributed by atoms with Gasteiger partial charge in [0.2, 0.25) is 0 Å². The number of carbonyl (C=O) groups excluding carboxylic acids is 1. The van der Waals surface area contributed by atoms with Gasteiger partial charge in [-0.1, -0.05) is 0 Å². The molecule has 0 radical (unpaired) electrons. The molecule has 0 aliphatic carbocycles. The van der Waals surface area contributed by atoms with E-state index >= 15 is 0 Å². The number of thiazole rings is 1. The Morgan fingerprint density at radius 3 is 3.00 bits per heavy atom. The lowest BCUT2D eigenvalue weighted by molar-refractivity contribution is 0.0791. The highest BCUT2D eigenvalue weighted by Crippen LogP contribution is 2.10. The Morgan fingerprint density at radius 1 is 1.73 bits per heavy atom. The van der Waals surface area contributed by atoms with Crippen LogP contribution in [0, 0.1) is 0 Å². The van der Waals surface area contributed by atoms with Crippen LogP contribution in [0.1, 0.15) is 15.5 Å². The summed E-state index contributed by atoms with van der Waals surface area (Å²) in [6, 6.07) is 0. The van der Waals surface area contributed by atoms with Crippen molar-refractivity contribution in [3.05, 3.63) is 16.1 Å². The number of carbonyl (C=O) groups is 1. The summed E-state index contributed by atoms with van der Waals surface area (Å²) in [5.74, 6) is -0.0544. The number of amides is 1. The minimum absolute atomic E-state index is 0.0544. The second kappa shape index (κ2) is 5.79. The average molecular weight is 228 g/mol. The van der Waals surface area contributed by atoms with Crippen molar-refractivity contribution in [2.75, 3.05) is 27.2 Å². The second-order valence-electron chi connectivity index (χ2n) is 3.16. The summed E-state index contributed by atoms with van der Waals surface area (Å²) in [6.45, 7) is 1.83. The molecule has 0 bridgehead atoms. The van der Waals surface area contributed by atoms with Crippen molar-refractivity contribution in [3.63, 3.8) is 0 Å². The molecule has 15 heavy (non-hydrogen) atoms. The van der Waals surface area contributed by atoms with Gasteiger partial charge in [-0.3, -0.25) is 4.79 Å². The first-order chi connectivity index (χ1) is 7.19. The lowest BCUT2D eigenvalue weighted by Gasteiger charge is -2.15. The van der Waals surface area contributed by atoms with Gasteiger partial charge >= 0.3 is 0 Å². The minimum Gasteiger partial charge on any atom is -0.339 e. The summed E-state index contributed by atoms with van der Waals surface area (Å²) >= 11 is 1.42. The van der Waals surface area contributed by atoms with E-state index in [-0.39, 0.29) is 5.91 Å². The van der Waals surface area contributed by atoms with Crippen LogP contribution in [0.5, 0.6) is 0 Å². The zero-order valence-electron chi connectivity index (χ0n) is 8.99. The van der Waals surface area contributed by atoms with Gasteiger partial charge in [-0.25, -0.2) is 4.98 Å². The van der Waals surface area contributed by atoms with Crippen molar-refractivity contribution in [1.29, 1.82) is 0 Å². The Morgan fingerprint density at radius 2 is 2.47 bits per heavy atom. The van der Waals surface area contributed by atoms with Gasteiger partial charge in [-0.05, 0) is 7.05 Å². The van der Waals surface area contributed by atoms with E-state index in [0.717, 1.165) is 11.6 Å². The Labute approximate surface area is 93.3 Å². The van der Waals surface area contributed by atoms with Gasteiger partial charge in [-0.2, -0.15) is 0 Å². The third kappa shape index (κ3) is 3.26. The molecular weight excluding hydrogens is 212 g/mol. The van der Waals surface area contributed by atoms with Crippen molar-refractivity contribution in [2.24, 2.45) is 5.73 Å². The van der Waals surface area contributed by atoms with Gasteiger partial charge in [0.15, 0.2) is 0 Å². The molecule has 0 fully saturated rings. The molecule has 0 saturated heterocycles. The number of likely N-dealkylation sites (N-methyl/N-ethyl adjacent to an activating group) is 2. The fourth-order valence-corrected chi connectivity index (χ4v) is 1.73. The maximum Gasteiger partial charge on any atom is 0.273 e. The van der Waals surface area contributed by atoms with Gasteiger partial charge in [0.1, 0.15) is 10.7 Å². The van der Waals surface area contributed by atoms with Crippen LogP contribution < -0.4 is 11.1 Å². The molecule has 0 spiro atoms. The maximum atomic E-state index is 11.8. The molecule has 6 heteroatoms. The average Bonchev–Trinajstić information content (AvgIpc) is 2.73. The highest BCUT2D eigenvalue weighted by Gasteiger charge is 2.14. The molecule has 0 aromatic carbocycles. The van der Waals surface area contributed by atoms with Gasteiger partial charge < -0.3 is 16.0 Å². The molecule has 3 N–H and O–H groups in total. The molecule has 1 amide bonds. The minimum atomic E-state index is -0.0544. The summed E-state index contributed by atoms with van der Waals surface area (Å²) in [5.41, 5.74) is 5.92. The normalized spacial score (nSPS) is 10.3. The summed E-state index contributed by atoms with van der Waals surface area (Å²) in [7, 11) is 3.62.